The van der Waals surface area contributed by atoms with Crippen molar-refractivity contribution in [1.82, 2.24) is 9.88 Å². The van der Waals surface area contributed by atoms with Gasteiger partial charge in [0.2, 0.25) is 0 Å². The molecule has 2 N–H and O–H groups in total. The molecule has 1 aliphatic carbocycles. The van der Waals surface area contributed by atoms with Gasteiger partial charge in [0.25, 0.3) is 0 Å². The van der Waals surface area contributed by atoms with Crippen LogP contribution in [0.25, 0.3) is 10.9 Å². The van der Waals surface area contributed by atoms with Gasteiger partial charge >= 0.3 is 5.97 Å². The SMILES string of the molecule is COc1ccc2nccc([C@@H](O)CC[C@@H]3CCN(C4CC(c5c(F)cccc5OC)C4)C[C@@H]3C(=O)O)c2c1. The third-order valence-corrected chi connectivity index (χ3v) is 8.53. The molecule has 0 spiro atoms. The number of ether oxygens (including phenoxy) is 2. The summed E-state index contributed by atoms with van der Waals surface area (Å²) < 4.78 is 25.2. The Bertz CT molecular complexity index is 1290. The van der Waals surface area contributed by atoms with Gasteiger partial charge in [-0.3, -0.25) is 14.7 Å². The average Bonchev–Trinajstić information content (AvgIpc) is 2.91. The number of carboxylic acid groups (broad SMARTS) is 1. The minimum absolute atomic E-state index is 0.0106. The second-order valence-electron chi connectivity index (χ2n) is 10.5. The normalized spacial score (nSPS) is 24.5. The fourth-order valence-electron chi connectivity index (χ4n) is 6.29. The molecule has 0 amide bonds. The number of carbonyl (C=O) groups is 1. The number of aliphatic hydroxyl groups is 1. The minimum Gasteiger partial charge on any atom is -0.497 e. The largest absolute Gasteiger partial charge is 0.497 e. The Kier molecular flexibility index (Phi) is 7.81. The van der Waals surface area contributed by atoms with Crippen molar-refractivity contribution in [2.75, 3.05) is 27.3 Å². The summed E-state index contributed by atoms with van der Waals surface area (Å²) in [7, 11) is 3.16. The lowest BCUT2D eigenvalue weighted by molar-refractivity contribution is -0.147. The number of aliphatic carboxylic acids is 1. The van der Waals surface area contributed by atoms with E-state index in [4.69, 9.17) is 9.47 Å². The summed E-state index contributed by atoms with van der Waals surface area (Å²) in [4.78, 5) is 18.9. The molecule has 2 aliphatic rings. The van der Waals surface area contributed by atoms with E-state index < -0.39 is 18.0 Å². The molecule has 8 heteroatoms. The van der Waals surface area contributed by atoms with E-state index in [2.05, 4.69) is 9.88 Å². The van der Waals surface area contributed by atoms with Gasteiger partial charge in [-0.1, -0.05) is 6.07 Å². The number of hydrogen-bond acceptors (Lipinski definition) is 6. The summed E-state index contributed by atoms with van der Waals surface area (Å²) in [6.45, 7) is 1.29. The third-order valence-electron chi connectivity index (χ3n) is 8.53. The predicted molar refractivity (Wildman–Crippen MR) is 142 cm³/mol. The molecule has 0 radical (unpaired) electrons. The van der Waals surface area contributed by atoms with Crippen LogP contribution in [0.3, 0.4) is 0 Å². The molecule has 5 rings (SSSR count). The summed E-state index contributed by atoms with van der Waals surface area (Å²) in [5.74, 6) is -0.177. The Hall–Kier alpha value is -3.23. The van der Waals surface area contributed by atoms with E-state index in [1.165, 1.54) is 6.07 Å². The van der Waals surface area contributed by atoms with Crippen molar-refractivity contribution >= 4 is 16.9 Å². The molecule has 202 valence electrons. The van der Waals surface area contributed by atoms with Crippen molar-refractivity contribution in [1.29, 1.82) is 0 Å². The standard InChI is InChI=1S/C30H35FN2O5/c1-37-21-7-8-26-23(16-21)22(10-12-32-26)27(34)9-6-18-11-13-33(17-24(18)30(35)36)20-14-19(15-20)29-25(31)4-3-5-28(29)38-2/h3-5,7-8,10,12,16,18-20,24,27,34H,6,9,11,13-15,17H2,1-2H3,(H,35,36)/t18-,19?,20?,24+,27+/m1/s1. The van der Waals surface area contributed by atoms with Gasteiger partial charge in [0.1, 0.15) is 17.3 Å². The van der Waals surface area contributed by atoms with Crippen molar-refractivity contribution in [3.63, 3.8) is 0 Å². The van der Waals surface area contributed by atoms with E-state index in [9.17, 15) is 19.4 Å². The molecule has 1 aliphatic heterocycles. The molecule has 2 heterocycles. The maximum Gasteiger partial charge on any atom is 0.308 e. The molecule has 1 saturated heterocycles. The molecule has 3 atom stereocenters. The van der Waals surface area contributed by atoms with E-state index in [1.807, 2.05) is 24.3 Å². The summed E-state index contributed by atoms with van der Waals surface area (Å²) in [6, 6.07) is 12.6. The van der Waals surface area contributed by atoms with Crippen LogP contribution in [0.5, 0.6) is 11.5 Å². The Labute approximate surface area is 222 Å². The van der Waals surface area contributed by atoms with Gasteiger partial charge in [0.15, 0.2) is 0 Å². The number of likely N-dealkylation sites (tertiary alicyclic amines) is 1. The molecular weight excluding hydrogens is 487 g/mol. The van der Waals surface area contributed by atoms with Gasteiger partial charge in [-0.15, -0.1) is 0 Å². The molecule has 0 bridgehead atoms. The monoisotopic (exact) mass is 522 g/mol. The van der Waals surface area contributed by atoms with Crippen LogP contribution in [-0.2, 0) is 4.79 Å². The topological polar surface area (TPSA) is 92.1 Å². The molecule has 1 aromatic heterocycles. The number of piperidine rings is 1. The van der Waals surface area contributed by atoms with Crippen LogP contribution in [0.2, 0.25) is 0 Å². The number of pyridine rings is 1. The number of benzene rings is 2. The molecule has 2 aromatic carbocycles. The molecule has 3 aromatic rings. The summed E-state index contributed by atoms with van der Waals surface area (Å²) in [6.07, 6.45) is 4.43. The van der Waals surface area contributed by atoms with Gasteiger partial charge in [-0.25, -0.2) is 4.39 Å². The number of carboxylic acids is 1. The summed E-state index contributed by atoms with van der Waals surface area (Å²) >= 11 is 0. The zero-order chi connectivity index (χ0) is 26.8. The first-order valence-electron chi connectivity index (χ1n) is 13.3. The van der Waals surface area contributed by atoms with E-state index in [0.717, 1.165) is 42.3 Å². The summed E-state index contributed by atoms with van der Waals surface area (Å²) in [5.41, 5.74) is 2.19. The fraction of sp³-hybridized carbons (Fsp3) is 0.467. The van der Waals surface area contributed by atoms with Crippen molar-refractivity contribution in [3.05, 3.63) is 65.6 Å². The predicted octanol–water partition coefficient (Wildman–Crippen LogP) is 5.17. The summed E-state index contributed by atoms with van der Waals surface area (Å²) in [5, 5.41) is 21.9. The zero-order valence-electron chi connectivity index (χ0n) is 21.8. The van der Waals surface area contributed by atoms with Crippen molar-refractivity contribution in [3.8, 4) is 11.5 Å². The van der Waals surface area contributed by atoms with Crippen LogP contribution >= 0.6 is 0 Å². The molecule has 0 unspecified atom stereocenters. The van der Waals surface area contributed by atoms with Gasteiger partial charge in [0.05, 0.1) is 31.8 Å². The van der Waals surface area contributed by atoms with E-state index >= 15 is 0 Å². The minimum atomic E-state index is -0.792. The smallest absolute Gasteiger partial charge is 0.308 e. The Balaban J connectivity index is 1.20. The highest BCUT2D eigenvalue weighted by Crippen LogP contribution is 2.46. The van der Waals surface area contributed by atoms with Crippen molar-refractivity contribution < 1.29 is 28.9 Å². The van der Waals surface area contributed by atoms with Crippen LogP contribution < -0.4 is 9.47 Å². The highest BCUT2D eigenvalue weighted by molar-refractivity contribution is 5.83. The maximum atomic E-state index is 14.5. The third kappa shape index (κ3) is 5.20. The van der Waals surface area contributed by atoms with Crippen molar-refractivity contribution in [2.24, 2.45) is 11.8 Å². The molecular formula is C30H35FN2O5. The number of aliphatic hydroxyl groups excluding tert-OH is 1. The molecule has 1 saturated carbocycles. The Morgan fingerprint density at radius 3 is 2.74 bits per heavy atom. The lowest BCUT2D eigenvalue weighted by Gasteiger charge is -2.47. The number of fused-ring (bicyclic) bond motifs is 1. The number of methoxy groups -OCH3 is 2. The second kappa shape index (κ2) is 11.3. The van der Waals surface area contributed by atoms with Gasteiger partial charge in [-0.2, -0.15) is 0 Å². The van der Waals surface area contributed by atoms with Crippen LogP contribution in [0, 0.1) is 17.7 Å². The van der Waals surface area contributed by atoms with Gasteiger partial charge in [0, 0.05) is 29.7 Å². The number of rotatable bonds is 9. The number of halogens is 1. The molecule has 38 heavy (non-hydrogen) atoms. The van der Waals surface area contributed by atoms with Crippen LogP contribution in [0.15, 0.2) is 48.7 Å². The first-order valence-corrected chi connectivity index (χ1v) is 13.3. The first-order chi connectivity index (χ1) is 18.4. The molecule has 7 nitrogen and oxygen atoms in total. The van der Waals surface area contributed by atoms with E-state index in [1.54, 1.807) is 32.5 Å². The second-order valence-corrected chi connectivity index (χ2v) is 10.5. The fourth-order valence-corrected chi connectivity index (χ4v) is 6.29. The molecule has 2 fully saturated rings. The number of aromatic nitrogens is 1. The highest BCUT2D eigenvalue weighted by atomic mass is 19.1. The van der Waals surface area contributed by atoms with Gasteiger partial charge in [-0.05, 0) is 92.4 Å². The van der Waals surface area contributed by atoms with Crippen molar-refractivity contribution in [2.45, 2.75) is 50.2 Å². The maximum absolute atomic E-state index is 14.5. The van der Waals surface area contributed by atoms with E-state index in [0.29, 0.717) is 36.4 Å². The Morgan fingerprint density at radius 2 is 2.00 bits per heavy atom. The quantitative estimate of drug-likeness (QED) is 0.400. The lowest BCUT2D eigenvalue weighted by Crippen LogP contribution is -2.52. The average molecular weight is 523 g/mol. The van der Waals surface area contributed by atoms with Crippen LogP contribution in [0.1, 0.15) is 55.3 Å². The zero-order valence-corrected chi connectivity index (χ0v) is 21.8. The number of nitrogens with zero attached hydrogens (tertiary/aromatic N) is 2. The van der Waals surface area contributed by atoms with Crippen LogP contribution in [-0.4, -0.2) is 59.4 Å². The first kappa shape index (κ1) is 26.4. The van der Waals surface area contributed by atoms with E-state index in [-0.39, 0.29) is 23.7 Å². The lowest BCUT2D eigenvalue weighted by atomic mass is 9.72. The van der Waals surface area contributed by atoms with Gasteiger partial charge < -0.3 is 19.7 Å². The highest BCUT2D eigenvalue weighted by Gasteiger charge is 2.42. The van der Waals surface area contributed by atoms with Crippen LogP contribution in [0.4, 0.5) is 4.39 Å². The Morgan fingerprint density at radius 1 is 1.18 bits per heavy atom. The number of hydrogen-bond donors (Lipinski definition) is 2.